The van der Waals surface area contributed by atoms with E-state index in [2.05, 4.69) is 4.98 Å². The fourth-order valence-corrected chi connectivity index (χ4v) is 2.65. The van der Waals surface area contributed by atoms with Gasteiger partial charge in [0.1, 0.15) is 5.69 Å². The van der Waals surface area contributed by atoms with Crippen molar-refractivity contribution in [3.63, 3.8) is 0 Å². The summed E-state index contributed by atoms with van der Waals surface area (Å²) in [6, 6.07) is 9.79. The van der Waals surface area contributed by atoms with Crippen molar-refractivity contribution in [1.29, 1.82) is 0 Å². The summed E-state index contributed by atoms with van der Waals surface area (Å²) in [6.07, 6.45) is 2.69. The van der Waals surface area contributed by atoms with Gasteiger partial charge in [-0.3, -0.25) is 9.78 Å². The molecule has 4 heteroatoms. The van der Waals surface area contributed by atoms with E-state index >= 15 is 0 Å². The van der Waals surface area contributed by atoms with Gasteiger partial charge in [0.25, 0.3) is 5.91 Å². The first-order valence-electron chi connectivity index (χ1n) is 6.62. The van der Waals surface area contributed by atoms with Crippen LogP contribution in [0.4, 0.5) is 0 Å². The van der Waals surface area contributed by atoms with Crippen LogP contribution in [-0.4, -0.2) is 35.4 Å². The van der Waals surface area contributed by atoms with E-state index in [0.717, 1.165) is 30.3 Å². The molecule has 1 saturated heterocycles. The summed E-state index contributed by atoms with van der Waals surface area (Å²) in [4.78, 5) is 18.7. The number of carbonyl (C=O) groups excluding carboxylic acids is 1. The Hall–Kier alpha value is -1.94. The molecule has 0 saturated carbocycles. The zero-order valence-corrected chi connectivity index (χ0v) is 10.7. The summed E-state index contributed by atoms with van der Waals surface area (Å²) in [5.74, 6) is 0.451. The maximum atomic E-state index is 12.5. The molecule has 0 spiro atoms. The van der Waals surface area contributed by atoms with Gasteiger partial charge in [-0.05, 0) is 30.3 Å². The van der Waals surface area contributed by atoms with Crippen molar-refractivity contribution >= 4 is 16.7 Å². The number of rotatable bonds is 2. The minimum absolute atomic E-state index is 0.0211. The Morgan fingerprint density at radius 1 is 1.37 bits per heavy atom. The molecule has 1 aliphatic rings. The lowest BCUT2D eigenvalue weighted by atomic mass is 10.1. The molecule has 98 valence electrons. The van der Waals surface area contributed by atoms with Crippen molar-refractivity contribution in [1.82, 2.24) is 9.88 Å². The SMILES string of the molecule is NCC1CCN(C(=O)c2nccc3ccccc23)C1. The van der Waals surface area contributed by atoms with E-state index in [0.29, 0.717) is 18.2 Å². The number of fused-ring (bicyclic) bond motifs is 1. The smallest absolute Gasteiger partial charge is 0.273 e. The number of nitrogens with two attached hydrogens (primary N) is 1. The number of pyridine rings is 1. The average Bonchev–Trinajstić information content (AvgIpc) is 2.95. The highest BCUT2D eigenvalue weighted by Gasteiger charge is 2.27. The van der Waals surface area contributed by atoms with Crippen LogP contribution >= 0.6 is 0 Å². The van der Waals surface area contributed by atoms with Gasteiger partial charge in [0, 0.05) is 24.7 Å². The van der Waals surface area contributed by atoms with E-state index in [9.17, 15) is 4.79 Å². The third kappa shape index (κ3) is 2.19. The minimum atomic E-state index is 0.0211. The summed E-state index contributed by atoms with van der Waals surface area (Å²) in [5.41, 5.74) is 6.22. The molecule has 2 heterocycles. The number of hydrogen-bond acceptors (Lipinski definition) is 3. The van der Waals surface area contributed by atoms with E-state index in [4.69, 9.17) is 5.73 Å². The van der Waals surface area contributed by atoms with E-state index in [1.165, 1.54) is 0 Å². The topological polar surface area (TPSA) is 59.2 Å². The molecule has 1 aromatic heterocycles. The highest BCUT2D eigenvalue weighted by atomic mass is 16.2. The molecule has 0 radical (unpaired) electrons. The van der Waals surface area contributed by atoms with Gasteiger partial charge in [0.15, 0.2) is 0 Å². The number of hydrogen-bond donors (Lipinski definition) is 1. The van der Waals surface area contributed by atoms with E-state index in [1.807, 2.05) is 35.2 Å². The second-order valence-corrected chi connectivity index (χ2v) is 5.02. The fraction of sp³-hybridized carbons (Fsp3) is 0.333. The lowest BCUT2D eigenvalue weighted by Gasteiger charge is -2.16. The first kappa shape index (κ1) is 12.1. The van der Waals surface area contributed by atoms with Crippen molar-refractivity contribution < 1.29 is 4.79 Å². The van der Waals surface area contributed by atoms with Crippen molar-refractivity contribution in [2.75, 3.05) is 19.6 Å². The molecule has 0 aliphatic carbocycles. The van der Waals surface area contributed by atoms with Crippen LogP contribution in [0.25, 0.3) is 10.8 Å². The van der Waals surface area contributed by atoms with E-state index in [1.54, 1.807) is 6.20 Å². The van der Waals surface area contributed by atoms with Gasteiger partial charge in [-0.1, -0.05) is 24.3 Å². The van der Waals surface area contributed by atoms with Crippen LogP contribution in [0.1, 0.15) is 16.9 Å². The number of nitrogens with zero attached hydrogens (tertiary/aromatic N) is 2. The maximum absolute atomic E-state index is 12.5. The molecule has 19 heavy (non-hydrogen) atoms. The second kappa shape index (κ2) is 4.97. The number of likely N-dealkylation sites (tertiary alicyclic amines) is 1. The molecule has 1 amide bonds. The molecule has 0 bridgehead atoms. The average molecular weight is 255 g/mol. The summed E-state index contributed by atoms with van der Waals surface area (Å²) in [5, 5.41) is 1.97. The van der Waals surface area contributed by atoms with Crippen molar-refractivity contribution in [3.05, 3.63) is 42.2 Å². The Morgan fingerprint density at radius 2 is 2.21 bits per heavy atom. The summed E-state index contributed by atoms with van der Waals surface area (Å²) < 4.78 is 0. The molecule has 1 atom stereocenters. The van der Waals surface area contributed by atoms with Crippen LogP contribution in [-0.2, 0) is 0 Å². The normalized spacial score (nSPS) is 19.0. The number of amides is 1. The minimum Gasteiger partial charge on any atom is -0.337 e. The third-order valence-electron chi connectivity index (χ3n) is 3.78. The molecule has 1 aromatic carbocycles. The van der Waals surface area contributed by atoms with Gasteiger partial charge in [0.2, 0.25) is 0 Å². The Labute approximate surface area is 112 Å². The predicted octanol–water partition coefficient (Wildman–Crippen LogP) is 1.66. The quantitative estimate of drug-likeness (QED) is 0.887. The molecular weight excluding hydrogens is 238 g/mol. The zero-order chi connectivity index (χ0) is 13.2. The Kier molecular flexibility index (Phi) is 3.17. The largest absolute Gasteiger partial charge is 0.337 e. The Morgan fingerprint density at radius 3 is 3.00 bits per heavy atom. The van der Waals surface area contributed by atoms with Gasteiger partial charge >= 0.3 is 0 Å². The highest BCUT2D eigenvalue weighted by Crippen LogP contribution is 2.21. The zero-order valence-electron chi connectivity index (χ0n) is 10.7. The van der Waals surface area contributed by atoms with Crippen LogP contribution in [0.3, 0.4) is 0 Å². The molecule has 1 fully saturated rings. The van der Waals surface area contributed by atoms with Gasteiger partial charge in [0.05, 0.1) is 0 Å². The van der Waals surface area contributed by atoms with Crippen LogP contribution in [0.5, 0.6) is 0 Å². The lowest BCUT2D eigenvalue weighted by Crippen LogP contribution is -2.30. The molecule has 2 aromatic rings. The van der Waals surface area contributed by atoms with Crippen LogP contribution in [0.15, 0.2) is 36.5 Å². The van der Waals surface area contributed by atoms with Gasteiger partial charge in [-0.15, -0.1) is 0 Å². The van der Waals surface area contributed by atoms with E-state index < -0.39 is 0 Å². The van der Waals surface area contributed by atoms with Crippen molar-refractivity contribution in [3.8, 4) is 0 Å². The fourth-order valence-electron chi connectivity index (χ4n) is 2.65. The lowest BCUT2D eigenvalue weighted by molar-refractivity contribution is 0.0784. The van der Waals surface area contributed by atoms with Crippen LogP contribution in [0, 0.1) is 5.92 Å². The third-order valence-corrected chi connectivity index (χ3v) is 3.78. The predicted molar refractivity (Wildman–Crippen MR) is 74.8 cm³/mol. The van der Waals surface area contributed by atoms with E-state index in [-0.39, 0.29) is 5.91 Å². The number of benzene rings is 1. The van der Waals surface area contributed by atoms with Gasteiger partial charge in [-0.2, -0.15) is 0 Å². The second-order valence-electron chi connectivity index (χ2n) is 5.02. The van der Waals surface area contributed by atoms with Crippen molar-refractivity contribution in [2.45, 2.75) is 6.42 Å². The van der Waals surface area contributed by atoms with Crippen molar-refractivity contribution in [2.24, 2.45) is 11.7 Å². The summed E-state index contributed by atoms with van der Waals surface area (Å²) in [6.45, 7) is 2.18. The molecule has 1 aliphatic heterocycles. The molecule has 4 nitrogen and oxygen atoms in total. The molecular formula is C15H17N3O. The number of carbonyl (C=O) groups is 1. The molecule has 3 rings (SSSR count). The maximum Gasteiger partial charge on any atom is 0.273 e. The van der Waals surface area contributed by atoms with Crippen LogP contribution < -0.4 is 5.73 Å². The summed E-state index contributed by atoms with van der Waals surface area (Å²) in [7, 11) is 0. The first-order valence-corrected chi connectivity index (χ1v) is 6.62. The van der Waals surface area contributed by atoms with Gasteiger partial charge < -0.3 is 10.6 Å². The first-order chi connectivity index (χ1) is 9.29. The van der Waals surface area contributed by atoms with Crippen LogP contribution in [0.2, 0.25) is 0 Å². The highest BCUT2D eigenvalue weighted by molar-refractivity contribution is 6.05. The monoisotopic (exact) mass is 255 g/mol. The number of aromatic nitrogens is 1. The van der Waals surface area contributed by atoms with Gasteiger partial charge in [-0.25, -0.2) is 0 Å². The summed E-state index contributed by atoms with van der Waals surface area (Å²) >= 11 is 0. The molecule has 1 unspecified atom stereocenters. The standard InChI is InChI=1S/C15H17N3O/c16-9-11-6-8-18(10-11)15(19)14-13-4-2-1-3-12(13)5-7-17-14/h1-5,7,11H,6,8-10,16H2. The Balaban J connectivity index is 1.94. The molecule has 2 N–H and O–H groups in total. The Bertz CT molecular complexity index is 606.